The molecule has 0 spiro atoms. The van der Waals surface area contributed by atoms with Crippen molar-refractivity contribution in [1.82, 2.24) is 0 Å². The molecular formula is C15H11BrN2O3. The van der Waals surface area contributed by atoms with Gasteiger partial charge in [-0.1, -0.05) is 22.0 Å². The van der Waals surface area contributed by atoms with Gasteiger partial charge in [-0.15, -0.1) is 0 Å². The largest absolute Gasteiger partial charge is 0.308 e. The summed E-state index contributed by atoms with van der Waals surface area (Å²) in [4.78, 5) is 24.6. The summed E-state index contributed by atoms with van der Waals surface area (Å²) in [7, 11) is 0. The van der Waals surface area contributed by atoms with E-state index in [2.05, 4.69) is 15.9 Å². The van der Waals surface area contributed by atoms with Gasteiger partial charge in [-0.05, 0) is 36.2 Å². The van der Waals surface area contributed by atoms with Crippen LogP contribution in [0.2, 0.25) is 0 Å². The molecule has 0 radical (unpaired) electrons. The predicted octanol–water partition coefficient (Wildman–Crippen LogP) is 3.56. The Morgan fingerprint density at radius 2 is 1.90 bits per heavy atom. The smallest absolute Gasteiger partial charge is 0.271 e. The molecule has 1 heterocycles. The van der Waals surface area contributed by atoms with Crippen LogP contribution in [0.15, 0.2) is 46.9 Å². The third-order valence-electron chi connectivity index (χ3n) is 3.51. The Morgan fingerprint density at radius 3 is 2.57 bits per heavy atom. The third kappa shape index (κ3) is 2.54. The Hall–Kier alpha value is -2.21. The van der Waals surface area contributed by atoms with Crippen LogP contribution in [0.3, 0.4) is 0 Å². The minimum absolute atomic E-state index is 0.00394. The van der Waals surface area contributed by atoms with Crippen molar-refractivity contribution in [2.24, 2.45) is 0 Å². The molecule has 0 saturated carbocycles. The zero-order valence-corrected chi connectivity index (χ0v) is 12.5. The number of nitro groups is 1. The fourth-order valence-corrected chi connectivity index (χ4v) is 2.70. The van der Waals surface area contributed by atoms with E-state index in [0.29, 0.717) is 17.8 Å². The second-order valence-corrected chi connectivity index (χ2v) is 5.70. The van der Waals surface area contributed by atoms with Crippen LogP contribution in [-0.2, 0) is 6.42 Å². The summed E-state index contributed by atoms with van der Waals surface area (Å²) in [5.74, 6) is -0.137. The molecule has 2 aromatic carbocycles. The van der Waals surface area contributed by atoms with Crippen molar-refractivity contribution in [3.63, 3.8) is 0 Å². The lowest BCUT2D eigenvalue weighted by Gasteiger charge is -2.17. The third-order valence-corrected chi connectivity index (χ3v) is 4.04. The van der Waals surface area contributed by atoms with Crippen molar-refractivity contribution in [2.45, 2.75) is 6.42 Å². The summed E-state index contributed by atoms with van der Waals surface area (Å²) < 4.78 is 0.900. The van der Waals surface area contributed by atoms with Crippen molar-refractivity contribution in [2.75, 3.05) is 11.4 Å². The van der Waals surface area contributed by atoms with Crippen LogP contribution >= 0.6 is 15.9 Å². The van der Waals surface area contributed by atoms with Crippen molar-refractivity contribution in [3.8, 4) is 0 Å². The predicted molar refractivity (Wildman–Crippen MR) is 82.6 cm³/mol. The number of hydrogen-bond acceptors (Lipinski definition) is 3. The molecule has 0 saturated heterocycles. The average molecular weight is 347 g/mol. The van der Waals surface area contributed by atoms with Gasteiger partial charge in [-0.25, -0.2) is 0 Å². The Kier molecular flexibility index (Phi) is 3.47. The molecule has 0 aliphatic carbocycles. The molecule has 0 atom stereocenters. The molecule has 0 fully saturated rings. The number of rotatable bonds is 2. The zero-order valence-electron chi connectivity index (χ0n) is 11.0. The first-order valence-electron chi connectivity index (χ1n) is 6.41. The van der Waals surface area contributed by atoms with Gasteiger partial charge in [0, 0.05) is 28.7 Å². The van der Waals surface area contributed by atoms with Crippen LogP contribution in [-0.4, -0.2) is 17.4 Å². The van der Waals surface area contributed by atoms with E-state index < -0.39 is 4.92 Å². The Labute approximate surface area is 129 Å². The van der Waals surface area contributed by atoms with E-state index >= 15 is 0 Å². The van der Waals surface area contributed by atoms with E-state index in [1.165, 1.54) is 12.1 Å². The maximum absolute atomic E-state index is 12.5. The number of nitro benzene ring substituents is 1. The molecule has 0 aromatic heterocycles. The fraction of sp³-hybridized carbons (Fsp3) is 0.133. The highest BCUT2D eigenvalue weighted by molar-refractivity contribution is 9.10. The molecule has 2 aromatic rings. The van der Waals surface area contributed by atoms with E-state index in [1.54, 1.807) is 35.2 Å². The molecule has 1 aliphatic rings. The maximum atomic E-state index is 12.5. The Balaban J connectivity index is 1.96. The molecule has 1 aliphatic heterocycles. The number of hydrogen-bond donors (Lipinski definition) is 0. The number of halogens is 1. The van der Waals surface area contributed by atoms with Crippen LogP contribution in [0, 0.1) is 10.1 Å². The van der Waals surface area contributed by atoms with Gasteiger partial charge in [-0.2, -0.15) is 0 Å². The number of amides is 1. The van der Waals surface area contributed by atoms with Gasteiger partial charge in [0.25, 0.3) is 11.6 Å². The van der Waals surface area contributed by atoms with Gasteiger partial charge in [-0.3, -0.25) is 14.9 Å². The number of carbonyl (C=O) groups excluding carboxylic acids is 1. The molecule has 6 heteroatoms. The van der Waals surface area contributed by atoms with E-state index in [9.17, 15) is 14.9 Å². The standard InChI is InChI=1S/C15H11BrN2O3/c16-12-4-1-11(2-5-12)15(19)17-8-7-10-3-6-13(18(20)21)9-14(10)17/h1-6,9H,7-8H2. The van der Waals surface area contributed by atoms with Crippen LogP contribution in [0.25, 0.3) is 0 Å². The van der Waals surface area contributed by atoms with Crippen molar-refractivity contribution >= 4 is 33.2 Å². The minimum atomic E-state index is -0.444. The number of non-ortho nitro benzene ring substituents is 1. The summed E-state index contributed by atoms with van der Waals surface area (Å²) >= 11 is 3.33. The summed E-state index contributed by atoms with van der Waals surface area (Å²) in [6.45, 7) is 0.547. The molecule has 0 bridgehead atoms. The lowest BCUT2D eigenvalue weighted by atomic mass is 10.1. The molecule has 21 heavy (non-hydrogen) atoms. The first kappa shape index (κ1) is 13.8. The highest BCUT2D eigenvalue weighted by atomic mass is 79.9. The molecule has 106 valence electrons. The molecule has 1 amide bonds. The van der Waals surface area contributed by atoms with Crippen LogP contribution < -0.4 is 4.90 Å². The number of carbonyl (C=O) groups is 1. The molecular weight excluding hydrogens is 336 g/mol. The van der Waals surface area contributed by atoms with Gasteiger partial charge in [0.1, 0.15) is 0 Å². The normalized spacial score (nSPS) is 13.1. The maximum Gasteiger partial charge on any atom is 0.271 e. The monoisotopic (exact) mass is 346 g/mol. The summed E-state index contributed by atoms with van der Waals surface area (Å²) in [6, 6.07) is 11.8. The minimum Gasteiger partial charge on any atom is -0.308 e. The van der Waals surface area contributed by atoms with Gasteiger partial charge in [0.15, 0.2) is 0 Å². The van der Waals surface area contributed by atoms with Gasteiger partial charge in [0.05, 0.1) is 10.6 Å². The summed E-state index contributed by atoms with van der Waals surface area (Å²) in [6.07, 6.45) is 0.718. The number of fused-ring (bicyclic) bond motifs is 1. The van der Waals surface area contributed by atoms with Gasteiger partial charge in [0.2, 0.25) is 0 Å². The quantitative estimate of drug-likeness (QED) is 0.616. The average Bonchev–Trinajstić information content (AvgIpc) is 2.90. The fourth-order valence-electron chi connectivity index (χ4n) is 2.44. The molecule has 5 nitrogen and oxygen atoms in total. The van der Waals surface area contributed by atoms with Crippen LogP contribution in [0.5, 0.6) is 0 Å². The SMILES string of the molecule is O=C(c1ccc(Br)cc1)N1CCc2ccc([N+](=O)[O-])cc21. The number of nitrogens with zero attached hydrogens (tertiary/aromatic N) is 2. The first-order chi connectivity index (χ1) is 10.1. The lowest BCUT2D eigenvalue weighted by molar-refractivity contribution is -0.384. The van der Waals surface area contributed by atoms with Gasteiger partial charge >= 0.3 is 0 Å². The Morgan fingerprint density at radius 1 is 1.19 bits per heavy atom. The topological polar surface area (TPSA) is 63.5 Å². The van der Waals surface area contributed by atoms with E-state index in [4.69, 9.17) is 0 Å². The van der Waals surface area contributed by atoms with Crippen LogP contribution in [0.4, 0.5) is 11.4 Å². The second kappa shape index (κ2) is 5.29. The first-order valence-corrected chi connectivity index (χ1v) is 7.20. The zero-order chi connectivity index (χ0) is 15.0. The van der Waals surface area contributed by atoms with E-state index in [-0.39, 0.29) is 11.6 Å². The van der Waals surface area contributed by atoms with Gasteiger partial charge < -0.3 is 4.90 Å². The molecule has 3 rings (SSSR count). The summed E-state index contributed by atoms with van der Waals surface area (Å²) in [5, 5.41) is 10.9. The highest BCUT2D eigenvalue weighted by Crippen LogP contribution is 2.32. The van der Waals surface area contributed by atoms with Crippen molar-refractivity contribution < 1.29 is 9.72 Å². The Bertz CT molecular complexity index is 728. The van der Waals surface area contributed by atoms with E-state index in [0.717, 1.165) is 16.5 Å². The van der Waals surface area contributed by atoms with Crippen LogP contribution in [0.1, 0.15) is 15.9 Å². The molecule has 0 unspecified atom stereocenters. The highest BCUT2D eigenvalue weighted by Gasteiger charge is 2.27. The van der Waals surface area contributed by atoms with Crippen molar-refractivity contribution in [3.05, 3.63) is 68.2 Å². The molecule has 0 N–H and O–H groups in total. The second-order valence-electron chi connectivity index (χ2n) is 4.78. The van der Waals surface area contributed by atoms with E-state index in [1.807, 2.05) is 0 Å². The summed E-state index contributed by atoms with van der Waals surface area (Å²) in [5.41, 5.74) is 2.17. The lowest BCUT2D eigenvalue weighted by Crippen LogP contribution is -2.28. The number of anilines is 1. The number of benzene rings is 2. The van der Waals surface area contributed by atoms with Crippen molar-refractivity contribution in [1.29, 1.82) is 0 Å².